The topological polar surface area (TPSA) is 67.8 Å². The van der Waals surface area contributed by atoms with E-state index in [0.717, 1.165) is 19.4 Å². The molecule has 1 unspecified atom stereocenters. The van der Waals surface area contributed by atoms with Crippen LogP contribution in [0.1, 0.15) is 168 Å². The Hall–Kier alpha value is -0.810. The lowest BCUT2D eigenvalue weighted by Gasteiger charge is -2.18. The maximum Gasteiger partial charge on any atom is 0.404 e. The van der Waals surface area contributed by atoms with Crippen molar-refractivity contribution in [3.63, 3.8) is 0 Å². The highest BCUT2D eigenvalue weighted by Crippen LogP contribution is 2.13. The molecule has 1 atom stereocenters. The van der Waals surface area contributed by atoms with Gasteiger partial charge >= 0.3 is 6.09 Å². The second-order valence-corrected chi connectivity index (χ2v) is 11.0. The molecule has 5 heteroatoms. The Morgan fingerprint density at radius 2 is 0.919 bits per heavy atom. The van der Waals surface area contributed by atoms with Crippen molar-refractivity contribution in [1.82, 2.24) is 5.32 Å². The molecule has 0 aliphatic rings. The van der Waals surface area contributed by atoms with E-state index in [-0.39, 0.29) is 6.10 Å². The predicted molar refractivity (Wildman–Crippen MR) is 159 cm³/mol. The van der Waals surface area contributed by atoms with Crippen LogP contribution >= 0.6 is 0 Å². The molecule has 1 amide bonds. The van der Waals surface area contributed by atoms with E-state index < -0.39 is 6.09 Å². The molecule has 0 aliphatic carbocycles. The lowest BCUT2D eigenvalue weighted by Crippen LogP contribution is -2.36. The zero-order valence-electron chi connectivity index (χ0n) is 25.0. The quantitative estimate of drug-likeness (QED) is 0.0880. The first-order valence-electron chi connectivity index (χ1n) is 16.4. The van der Waals surface area contributed by atoms with Crippen LogP contribution < -0.4 is 5.32 Å². The van der Waals surface area contributed by atoms with Crippen molar-refractivity contribution in [2.75, 3.05) is 26.4 Å². The fraction of sp³-hybridized carbons (Fsp3) is 0.969. The summed E-state index contributed by atoms with van der Waals surface area (Å²) in [4.78, 5) is 10.9. The van der Waals surface area contributed by atoms with Gasteiger partial charge in [-0.1, -0.05) is 155 Å². The molecular formula is C32H65NO4. The van der Waals surface area contributed by atoms with E-state index in [4.69, 9.17) is 14.6 Å². The number of ether oxygens (including phenoxy) is 2. The molecule has 0 spiro atoms. The molecule has 222 valence electrons. The first-order chi connectivity index (χ1) is 18.2. The first-order valence-corrected chi connectivity index (χ1v) is 16.4. The molecule has 0 heterocycles. The Morgan fingerprint density at radius 1 is 0.568 bits per heavy atom. The van der Waals surface area contributed by atoms with E-state index >= 15 is 0 Å². The van der Waals surface area contributed by atoms with E-state index in [1.807, 2.05) is 0 Å². The maximum absolute atomic E-state index is 10.9. The van der Waals surface area contributed by atoms with Gasteiger partial charge in [-0.15, -0.1) is 0 Å². The highest BCUT2D eigenvalue weighted by molar-refractivity contribution is 5.64. The largest absolute Gasteiger partial charge is 0.465 e. The molecule has 0 aromatic heterocycles. The van der Waals surface area contributed by atoms with Gasteiger partial charge in [0, 0.05) is 19.8 Å². The Balaban J connectivity index is 3.58. The second-order valence-electron chi connectivity index (χ2n) is 11.0. The molecule has 37 heavy (non-hydrogen) atoms. The summed E-state index contributed by atoms with van der Waals surface area (Å²) in [6.45, 7) is 6.73. The minimum absolute atomic E-state index is 0.193. The van der Waals surface area contributed by atoms with Gasteiger partial charge in [-0.2, -0.15) is 0 Å². The summed E-state index contributed by atoms with van der Waals surface area (Å²) in [5.74, 6) is 0. The van der Waals surface area contributed by atoms with Crippen LogP contribution in [0.4, 0.5) is 4.79 Å². The molecule has 0 rings (SSSR count). The van der Waals surface area contributed by atoms with Crippen LogP contribution in [-0.2, 0) is 9.47 Å². The van der Waals surface area contributed by atoms with Crippen LogP contribution in [0.2, 0.25) is 0 Å². The Kier molecular flexibility index (Phi) is 30.7. The van der Waals surface area contributed by atoms with Crippen molar-refractivity contribution in [2.45, 2.75) is 174 Å². The molecule has 0 aromatic carbocycles. The third-order valence-corrected chi connectivity index (χ3v) is 7.28. The van der Waals surface area contributed by atoms with Gasteiger partial charge in [-0.3, -0.25) is 0 Å². The highest BCUT2D eigenvalue weighted by atomic mass is 16.5. The van der Waals surface area contributed by atoms with Gasteiger partial charge in [-0.05, 0) is 12.8 Å². The number of rotatable bonds is 31. The van der Waals surface area contributed by atoms with Gasteiger partial charge in [0.2, 0.25) is 0 Å². The van der Waals surface area contributed by atoms with Crippen LogP contribution in [0, 0.1) is 0 Å². The number of hydrogen-bond donors (Lipinski definition) is 2. The molecule has 0 saturated carbocycles. The lowest BCUT2D eigenvalue weighted by molar-refractivity contribution is -0.0170. The highest BCUT2D eigenvalue weighted by Gasteiger charge is 2.11. The van der Waals surface area contributed by atoms with Crippen LogP contribution in [0.5, 0.6) is 0 Å². The van der Waals surface area contributed by atoms with Crippen molar-refractivity contribution in [1.29, 1.82) is 0 Å². The van der Waals surface area contributed by atoms with Crippen molar-refractivity contribution >= 4 is 6.09 Å². The third-order valence-electron chi connectivity index (χ3n) is 7.28. The number of hydrogen-bond acceptors (Lipinski definition) is 3. The summed E-state index contributed by atoms with van der Waals surface area (Å²) >= 11 is 0. The minimum Gasteiger partial charge on any atom is -0.465 e. The summed E-state index contributed by atoms with van der Waals surface area (Å²) in [5, 5.41) is 11.4. The first kappa shape index (κ1) is 36.2. The van der Waals surface area contributed by atoms with Gasteiger partial charge in [0.1, 0.15) is 0 Å². The average Bonchev–Trinajstić information content (AvgIpc) is 2.89. The molecule has 0 saturated heterocycles. The van der Waals surface area contributed by atoms with E-state index in [1.165, 1.54) is 141 Å². The zero-order valence-corrected chi connectivity index (χ0v) is 25.0. The van der Waals surface area contributed by atoms with Crippen molar-refractivity contribution in [3.8, 4) is 0 Å². The van der Waals surface area contributed by atoms with Crippen LogP contribution in [0.3, 0.4) is 0 Å². The molecule has 0 bridgehead atoms. The standard InChI is InChI=1S/C32H65NO4/c1-3-5-7-9-11-13-15-17-19-21-23-25-27-36-30-31(29-33-32(34)35)37-28-26-24-22-20-18-16-14-12-10-8-6-4-2/h31,33H,3-30H2,1-2H3,(H,34,35). The van der Waals surface area contributed by atoms with Crippen molar-refractivity contribution in [2.24, 2.45) is 0 Å². The van der Waals surface area contributed by atoms with E-state index in [9.17, 15) is 4.79 Å². The number of carboxylic acid groups (broad SMARTS) is 1. The van der Waals surface area contributed by atoms with Crippen molar-refractivity contribution < 1.29 is 19.4 Å². The molecular weight excluding hydrogens is 462 g/mol. The fourth-order valence-corrected chi connectivity index (χ4v) is 4.82. The number of nitrogens with one attached hydrogen (secondary N) is 1. The van der Waals surface area contributed by atoms with E-state index in [2.05, 4.69) is 19.2 Å². The smallest absolute Gasteiger partial charge is 0.404 e. The van der Waals surface area contributed by atoms with Gasteiger partial charge in [0.05, 0.1) is 12.7 Å². The monoisotopic (exact) mass is 527 g/mol. The average molecular weight is 528 g/mol. The van der Waals surface area contributed by atoms with Crippen LogP contribution in [0.25, 0.3) is 0 Å². The molecule has 0 fully saturated rings. The van der Waals surface area contributed by atoms with E-state index in [1.54, 1.807) is 0 Å². The molecule has 0 radical (unpaired) electrons. The SMILES string of the molecule is CCCCCCCCCCCCCCOCC(CNC(=O)O)OCCCCCCCCCCCCCC. The number of amides is 1. The molecule has 0 aromatic rings. The number of unbranched alkanes of at least 4 members (excludes halogenated alkanes) is 22. The van der Waals surface area contributed by atoms with Crippen molar-refractivity contribution in [3.05, 3.63) is 0 Å². The number of carbonyl (C=O) groups is 1. The summed E-state index contributed by atoms with van der Waals surface area (Å²) in [7, 11) is 0. The zero-order chi connectivity index (χ0) is 27.1. The normalized spacial score (nSPS) is 12.2. The Morgan fingerprint density at radius 3 is 1.30 bits per heavy atom. The second kappa shape index (κ2) is 31.4. The van der Waals surface area contributed by atoms with Gasteiger partial charge < -0.3 is 19.9 Å². The molecule has 0 aliphatic heterocycles. The third kappa shape index (κ3) is 31.3. The summed E-state index contributed by atoms with van der Waals surface area (Å²) < 4.78 is 11.8. The Labute approximate surface area is 231 Å². The van der Waals surface area contributed by atoms with Gasteiger partial charge in [0.15, 0.2) is 0 Å². The minimum atomic E-state index is -1.00. The summed E-state index contributed by atoms with van der Waals surface area (Å²) in [5.41, 5.74) is 0. The predicted octanol–water partition coefficient (Wildman–Crippen LogP) is 10.1. The van der Waals surface area contributed by atoms with Gasteiger partial charge in [-0.25, -0.2) is 4.79 Å². The molecule has 2 N–H and O–H groups in total. The van der Waals surface area contributed by atoms with E-state index in [0.29, 0.717) is 19.8 Å². The summed E-state index contributed by atoms with van der Waals surface area (Å²) in [6.07, 6.45) is 30.7. The van der Waals surface area contributed by atoms with Crippen LogP contribution in [-0.4, -0.2) is 43.7 Å². The van der Waals surface area contributed by atoms with Gasteiger partial charge in [0.25, 0.3) is 0 Å². The molecule has 5 nitrogen and oxygen atoms in total. The maximum atomic E-state index is 10.9. The van der Waals surface area contributed by atoms with Crippen LogP contribution in [0.15, 0.2) is 0 Å². The summed E-state index contributed by atoms with van der Waals surface area (Å²) in [6, 6.07) is 0. The fourth-order valence-electron chi connectivity index (χ4n) is 4.82. The Bertz CT molecular complexity index is 447. The lowest BCUT2D eigenvalue weighted by atomic mass is 10.1.